The lowest BCUT2D eigenvalue weighted by Crippen LogP contribution is -2.45. The van der Waals surface area contributed by atoms with E-state index in [1.807, 2.05) is 0 Å². The van der Waals surface area contributed by atoms with Crippen molar-refractivity contribution in [2.24, 2.45) is 5.92 Å². The van der Waals surface area contributed by atoms with Crippen LogP contribution < -0.4 is 5.32 Å². The predicted molar refractivity (Wildman–Crippen MR) is 144 cm³/mol. The Morgan fingerprint density at radius 2 is 1.81 bits per heavy atom. The molecule has 1 amide bonds. The van der Waals surface area contributed by atoms with Gasteiger partial charge >= 0.3 is 0 Å². The van der Waals surface area contributed by atoms with Crippen molar-refractivity contribution in [1.82, 2.24) is 24.7 Å². The van der Waals surface area contributed by atoms with Crippen molar-refractivity contribution in [3.05, 3.63) is 53.1 Å². The maximum atomic E-state index is 13.1. The zero-order chi connectivity index (χ0) is 25.4. The van der Waals surface area contributed by atoms with Gasteiger partial charge in [-0.3, -0.25) is 9.69 Å². The van der Waals surface area contributed by atoms with Crippen LogP contribution in [0.15, 0.2) is 30.3 Å². The number of nitrogens with one attached hydrogen (secondary N) is 1. The van der Waals surface area contributed by atoms with E-state index in [4.69, 9.17) is 9.72 Å². The number of hydrogen-bond donors (Lipinski definition) is 1. The zero-order valence-corrected chi connectivity index (χ0v) is 22.6. The molecule has 200 valence electrons. The molecule has 0 saturated carbocycles. The summed E-state index contributed by atoms with van der Waals surface area (Å²) in [6.07, 6.45) is 8.72. The van der Waals surface area contributed by atoms with Gasteiger partial charge in [-0.25, -0.2) is 4.98 Å². The molecule has 2 aromatic rings. The fourth-order valence-corrected chi connectivity index (χ4v) is 7.49. The van der Waals surface area contributed by atoms with E-state index in [9.17, 15) is 4.79 Å². The molecule has 0 radical (unpaired) electrons. The van der Waals surface area contributed by atoms with Crippen molar-refractivity contribution in [3.63, 3.8) is 0 Å². The third-order valence-electron chi connectivity index (χ3n) is 9.43. The molecular formula is C30H43N5O2. The van der Waals surface area contributed by atoms with Crippen LogP contribution in [-0.4, -0.2) is 70.7 Å². The summed E-state index contributed by atoms with van der Waals surface area (Å²) < 4.78 is 8.09. The number of benzene rings is 1. The van der Waals surface area contributed by atoms with Crippen LogP contribution in [0.1, 0.15) is 79.8 Å². The highest BCUT2D eigenvalue weighted by Gasteiger charge is 2.42. The van der Waals surface area contributed by atoms with Crippen LogP contribution in [0.4, 0.5) is 0 Å². The summed E-state index contributed by atoms with van der Waals surface area (Å²) in [5.41, 5.74) is 4.01. The summed E-state index contributed by atoms with van der Waals surface area (Å²) in [6, 6.07) is 12.4. The van der Waals surface area contributed by atoms with Gasteiger partial charge in [-0.1, -0.05) is 30.3 Å². The lowest BCUT2D eigenvalue weighted by atomic mass is 9.94. The monoisotopic (exact) mass is 505 g/mol. The Morgan fingerprint density at radius 3 is 2.54 bits per heavy atom. The van der Waals surface area contributed by atoms with Crippen molar-refractivity contribution >= 4 is 5.91 Å². The van der Waals surface area contributed by atoms with Gasteiger partial charge in [0.25, 0.3) is 0 Å². The number of hydrogen-bond acceptors (Lipinski definition) is 5. The first kappa shape index (κ1) is 25.1. The van der Waals surface area contributed by atoms with Crippen molar-refractivity contribution in [3.8, 4) is 0 Å². The molecule has 3 atom stereocenters. The first-order valence-corrected chi connectivity index (χ1v) is 14.5. The zero-order valence-electron chi connectivity index (χ0n) is 22.6. The average molecular weight is 506 g/mol. The number of carbonyl (C=O) groups excluding carboxylic acids is 1. The number of fused-ring (bicyclic) bond motifs is 3. The lowest BCUT2D eigenvalue weighted by Gasteiger charge is -2.41. The van der Waals surface area contributed by atoms with Gasteiger partial charge in [0, 0.05) is 63.3 Å². The smallest absolute Gasteiger partial charge is 0.223 e. The first-order chi connectivity index (χ1) is 18.1. The van der Waals surface area contributed by atoms with Gasteiger partial charge in [0.15, 0.2) is 0 Å². The Morgan fingerprint density at radius 1 is 1.08 bits per heavy atom. The number of rotatable bonds is 7. The molecule has 2 unspecified atom stereocenters. The van der Waals surface area contributed by atoms with Crippen molar-refractivity contribution in [2.45, 2.75) is 89.0 Å². The third kappa shape index (κ3) is 5.23. The summed E-state index contributed by atoms with van der Waals surface area (Å²) in [7, 11) is 2.23. The van der Waals surface area contributed by atoms with E-state index >= 15 is 0 Å². The number of ether oxygens (including phenoxy) is 1. The van der Waals surface area contributed by atoms with Crippen LogP contribution in [-0.2, 0) is 22.5 Å². The van der Waals surface area contributed by atoms with Crippen molar-refractivity contribution in [1.29, 1.82) is 0 Å². The lowest BCUT2D eigenvalue weighted by molar-refractivity contribution is -0.128. The number of aromatic nitrogens is 2. The number of nitrogens with zero attached hydrogens (tertiary/aromatic N) is 4. The number of piperidine rings is 1. The quantitative estimate of drug-likeness (QED) is 0.616. The number of amides is 1. The molecule has 5 heterocycles. The second kappa shape index (κ2) is 10.9. The largest absolute Gasteiger partial charge is 0.381 e. The normalized spacial score (nSPS) is 27.7. The molecule has 2 bridgehead atoms. The van der Waals surface area contributed by atoms with Crippen molar-refractivity contribution in [2.75, 3.05) is 33.4 Å². The summed E-state index contributed by atoms with van der Waals surface area (Å²) >= 11 is 0. The highest BCUT2D eigenvalue weighted by atomic mass is 16.5. The van der Waals surface area contributed by atoms with E-state index in [0.29, 0.717) is 31.3 Å². The summed E-state index contributed by atoms with van der Waals surface area (Å²) in [6.45, 7) is 6.78. The highest BCUT2D eigenvalue weighted by Crippen LogP contribution is 2.43. The molecule has 37 heavy (non-hydrogen) atoms. The molecule has 6 rings (SSSR count). The minimum Gasteiger partial charge on any atom is -0.381 e. The van der Waals surface area contributed by atoms with Crippen LogP contribution in [0.25, 0.3) is 0 Å². The van der Waals surface area contributed by atoms with Gasteiger partial charge in [-0.2, -0.15) is 0 Å². The molecule has 1 aromatic carbocycles. The molecule has 7 heteroatoms. The Kier molecular flexibility index (Phi) is 7.37. The Hall–Kier alpha value is -2.22. The van der Waals surface area contributed by atoms with Crippen LogP contribution in [0.3, 0.4) is 0 Å². The van der Waals surface area contributed by atoms with Crippen LogP contribution in [0.2, 0.25) is 0 Å². The SMILES string of the molecule is Cc1nc2c(n1C1CC3CCC(C1)N3CC[C@H](NC(=O)C1CCOCC1)c1ccccc1)CN(C)CC2. The number of carbonyl (C=O) groups is 1. The molecule has 0 aliphatic carbocycles. The van der Waals surface area contributed by atoms with Gasteiger partial charge in [-0.05, 0) is 64.5 Å². The topological polar surface area (TPSA) is 62.6 Å². The second-order valence-electron chi connectivity index (χ2n) is 11.8. The maximum absolute atomic E-state index is 13.1. The van der Waals surface area contributed by atoms with E-state index in [1.54, 1.807) is 0 Å². The standard InChI is InChI=1S/C30H43N5O2/c1-21-31-28-10-14-33(2)20-29(28)35(21)26-18-24-8-9-25(19-26)34(24)15-11-27(22-6-4-3-5-7-22)32-30(36)23-12-16-37-17-13-23/h3-7,23-27H,8-20H2,1-2H3,(H,32,36)/t24?,25?,26?,27-/m0/s1. The average Bonchev–Trinajstić information content (AvgIpc) is 3.37. The Labute approximate surface area is 221 Å². The minimum atomic E-state index is 0.0621. The molecule has 3 saturated heterocycles. The summed E-state index contributed by atoms with van der Waals surface area (Å²) in [4.78, 5) is 23.3. The van der Waals surface area contributed by atoms with E-state index in [2.05, 4.69) is 64.0 Å². The summed E-state index contributed by atoms with van der Waals surface area (Å²) in [5.74, 6) is 1.48. The van der Waals surface area contributed by atoms with Gasteiger partial charge in [0.2, 0.25) is 5.91 Å². The molecule has 4 aliphatic heterocycles. The van der Waals surface area contributed by atoms with Crippen molar-refractivity contribution < 1.29 is 9.53 Å². The molecular weight excluding hydrogens is 462 g/mol. The summed E-state index contributed by atoms with van der Waals surface area (Å²) in [5, 5.41) is 3.43. The molecule has 3 fully saturated rings. The fraction of sp³-hybridized carbons (Fsp3) is 0.667. The van der Waals surface area contributed by atoms with E-state index in [1.165, 1.54) is 48.5 Å². The van der Waals surface area contributed by atoms with Crippen LogP contribution in [0, 0.1) is 12.8 Å². The predicted octanol–water partition coefficient (Wildman–Crippen LogP) is 4.02. The van der Waals surface area contributed by atoms with Gasteiger partial charge in [0.1, 0.15) is 5.82 Å². The third-order valence-corrected chi connectivity index (χ3v) is 9.43. The molecule has 1 N–H and O–H groups in total. The Bertz CT molecular complexity index is 1070. The highest BCUT2D eigenvalue weighted by molar-refractivity contribution is 5.79. The molecule has 7 nitrogen and oxygen atoms in total. The fourth-order valence-electron chi connectivity index (χ4n) is 7.49. The molecule has 1 aromatic heterocycles. The number of imidazole rings is 1. The molecule has 0 spiro atoms. The molecule has 4 aliphatic rings. The maximum Gasteiger partial charge on any atom is 0.223 e. The van der Waals surface area contributed by atoms with Crippen LogP contribution in [0.5, 0.6) is 0 Å². The second-order valence-corrected chi connectivity index (χ2v) is 11.8. The van der Waals surface area contributed by atoms with E-state index in [-0.39, 0.29) is 17.9 Å². The van der Waals surface area contributed by atoms with Gasteiger partial charge in [-0.15, -0.1) is 0 Å². The number of aryl methyl sites for hydroxylation is 1. The first-order valence-electron chi connectivity index (χ1n) is 14.5. The van der Waals surface area contributed by atoms with Gasteiger partial charge in [0.05, 0.1) is 17.4 Å². The Balaban J connectivity index is 1.13. The van der Waals surface area contributed by atoms with Gasteiger partial charge < -0.3 is 19.5 Å². The van der Waals surface area contributed by atoms with E-state index in [0.717, 1.165) is 45.3 Å². The minimum absolute atomic E-state index is 0.0621. The van der Waals surface area contributed by atoms with E-state index < -0.39 is 0 Å². The van der Waals surface area contributed by atoms with Crippen LogP contribution >= 0.6 is 0 Å². The number of likely N-dealkylation sites (N-methyl/N-ethyl adjacent to an activating group) is 1.